The first-order chi connectivity index (χ1) is 13.5. The number of ether oxygens (including phenoxy) is 2. The number of carbonyl (C=O) groups is 3. The van der Waals surface area contributed by atoms with Crippen molar-refractivity contribution in [3.8, 4) is 11.5 Å². The van der Waals surface area contributed by atoms with Crippen LogP contribution in [0.4, 0.5) is 4.79 Å². The van der Waals surface area contributed by atoms with Crippen molar-refractivity contribution in [3.05, 3.63) is 53.8 Å². The van der Waals surface area contributed by atoms with Crippen molar-refractivity contribution in [2.45, 2.75) is 6.92 Å². The van der Waals surface area contributed by atoms with Crippen LogP contribution in [0.5, 0.6) is 0 Å². The van der Waals surface area contributed by atoms with Gasteiger partial charge >= 0.3 is 12.1 Å². The van der Waals surface area contributed by atoms with E-state index in [0.29, 0.717) is 22.4 Å². The number of hydrogen-bond donors (Lipinski definition) is 0. The SMILES string of the molecule is Cc1ccc(-c2cc(C(=O)OCC(=O)N3CCOC3=O)c3ccccc3n2)o1. The van der Waals surface area contributed by atoms with Gasteiger partial charge in [-0.05, 0) is 31.2 Å². The van der Waals surface area contributed by atoms with Crippen LogP contribution in [0.15, 0.2) is 46.9 Å². The molecule has 1 aliphatic rings. The van der Waals surface area contributed by atoms with Crippen molar-refractivity contribution >= 4 is 28.9 Å². The fraction of sp³-hybridized carbons (Fsp3) is 0.200. The van der Waals surface area contributed by atoms with Crippen LogP contribution in [0, 0.1) is 6.92 Å². The van der Waals surface area contributed by atoms with Gasteiger partial charge in [0, 0.05) is 5.39 Å². The molecule has 0 unspecified atom stereocenters. The number of para-hydroxylation sites is 1. The summed E-state index contributed by atoms with van der Waals surface area (Å²) >= 11 is 0. The highest BCUT2D eigenvalue weighted by Crippen LogP contribution is 2.26. The minimum Gasteiger partial charge on any atom is -0.460 e. The van der Waals surface area contributed by atoms with Crippen LogP contribution in [0.1, 0.15) is 16.1 Å². The molecule has 0 bridgehead atoms. The van der Waals surface area contributed by atoms with Gasteiger partial charge in [0.25, 0.3) is 5.91 Å². The molecule has 1 aliphatic heterocycles. The van der Waals surface area contributed by atoms with Gasteiger partial charge in [-0.25, -0.2) is 19.5 Å². The number of fused-ring (bicyclic) bond motifs is 1. The normalized spacial score (nSPS) is 13.6. The minimum atomic E-state index is -0.731. The number of benzene rings is 1. The third-order valence-corrected chi connectivity index (χ3v) is 4.32. The quantitative estimate of drug-likeness (QED) is 0.642. The summed E-state index contributed by atoms with van der Waals surface area (Å²) in [5, 5.41) is 0.590. The molecule has 3 heterocycles. The Morgan fingerprint density at radius 1 is 1.21 bits per heavy atom. The summed E-state index contributed by atoms with van der Waals surface area (Å²) in [5.41, 5.74) is 1.33. The second-order valence-electron chi connectivity index (χ2n) is 6.22. The molecule has 1 fully saturated rings. The number of furan rings is 1. The van der Waals surface area contributed by atoms with Gasteiger partial charge in [0.1, 0.15) is 18.1 Å². The Morgan fingerprint density at radius 3 is 2.75 bits per heavy atom. The largest absolute Gasteiger partial charge is 0.460 e. The zero-order chi connectivity index (χ0) is 19.7. The highest BCUT2D eigenvalue weighted by atomic mass is 16.6. The summed E-state index contributed by atoms with van der Waals surface area (Å²) in [6.45, 7) is 1.54. The zero-order valence-electron chi connectivity index (χ0n) is 15.0. The van der Waals surface area contributed by atoms with Gasteiger partial charge in [0.2, 0.25) is 0 Å². The monoisotopic (exact) mass is 380 g/mol. The molecule has 4 rings (SSSR count). The Hall–Kier alpha value is -3.68. The van der Waals surface area contributed by atoms with E-state index in [1.54, 1.807) is 36.4 Å². The summed E-state index contributed by atoms with van der Waals surface area (Å²) in [5.74, 6) is -0.0782. The first-order valence-electron chi connectivity index (χ1n) is 8.64. The number of aromatic nitrogens is 1. The first kappa shape index (κ1) is 17.7. The smallest absolute Gasteiger partial charge is 0.416 e. The summed E-state index contributed by atoms with van der Waals surface area (Å²) in [6, 6.07) is 12.2. The highest BCUT2D eigenvalue weighted by molar-refractivity contribution is 6.05. The number of rotatable bonds is 4. The van der Waals surface area contributed by atoms with Crippen LogP contribution in [-0.2, 0) is 14.3 Å². The lowest BCUT2D eigenvalue weighted by molar-refractivity contribution is -0.131. The Labute approximate surface area is 159 Å². The number of carbonyl (C=O) groups excluding carboxylic acids is 3. The second kappa shape index (κ2) is 7.15. The molecule has 0 spiro atoms. The van der Waals surface area contributed by atoms with E-state index in [4.69, 9.17) is 13.9 Å². The van der Waals surface area contributed by atoms with Gasteiger partial charge in [0.15, 0.2) is 12.4 Å². The second-order valence-corrected chi connectivity index (χ2v) is 6.22. The number of aryl methyl sites for hydroxylation is 1. The Bertz CT molecular complexity index is 1090. The van der Waals surface area contributed by atoms with Gasteiger partial charge in [-0.3, -0.25) is 4.79 Å². The molecule has 28 heavy (non-hydrogen) atoms. The lowest BCUT2D eigenvalue weighted by Gasteiger charge is -2.12. The molecule has 3 aromatic rings. The van der Waals surface area contributed by atoms with Crippen molar-refractivity contribution in [2.24, 2.45) is 0 Å². The Balaban J connectivity index is 1.62. The predicted octanol–water partition coefficient (Wildman–Crippen LogP) is 2.94. The number of cyclic esters (lactones) is 1. The molecule has 8 heteroatoms. The number of amides is 2. The number of hydrogen-bond acceptors (Lipinski definition) is 7. The maximum atomic E-state index is 12.7. The molecule has 0 radical (unpaired) electrons. The van der Waals surface area contributed by atoms with E-state index in [1.165, 1.54) is 0 Å². The van der Waals surface area contributed by atoms with E-state index >= 15 is 0 Å². The van der Waals surface area contributed by atoms with E-state index < -0.39 is 24.6 Å². The fourth-order valence-corrected chi connectivity index (χ4v) is 2.95. The molecular formula is C20H16N2O6. The fourth-order valence-electron chi connectivity index (χ4n) is 2.95. The predicted molar refractivity (Wildman–Crippen MR) is 97.5 cm³/mol. The number of imide groups is 1. The summed E-state index contributed by atoms with van der Waals surface area (Å²) in [6.07, 6.45) is -0.731. The highest BCUT2D eigenvalue weighted by Gasteiger charge is 2.29. The number of nitrogens with zero attached hydrogens (tertiary/aromatic N) is 2. The maximum absolute atomic E-state index is 12.7. The van der Waals surface area contributed by atoms with Gasteiger partial charge in [-0.1, -0.05) is 18.2 Å². The molecule has 8 nitrogen and oxygen atoms in total. The lowest BCUT2D eigenvalue weighted by Crippen LogP contribution is -2.35. The van der Waals surface area contributed by atoms with E-state index in [1.807, 2.05) is 13.0 Å². The molecule has 0 aliphatic carbocycles. The number of esters is 1. The molecule has 0 saturated carbocycles. The molecule has 2 amide bonds. The molecule has 1 aromatic carbocycles. The van der Waals surface area contributed by atoms with Crippen LogP contribution in [0.2, 0.25) is 0 Å². The first-order valence-corrected chi connectivity index (χ1v) is 8.64. The molecular weight excluding hydrogens is 364 g/mol. The molecule has 142 valence electrons. The Kier molecular flexibility index (Phi) is 4.52. The van der Waals surface area contributed by atoms with Crippen molar-refractivity contribution in [3.63, 3.8) is 0 Å². The molecule has 1 saturated heterocycles. The summed E-state index contributed by atoms with van der Waals surface area (Å²) in [7, 11) is 0. The molecule has 2 aromatic heterocycles. The van der Waals surface area contributed by atoms with E-state index in [-0.39, 0.29) is 18.7 Å². The van der Waals surface area contributed by atoms with E-state index in [0.717, 1.165) is 10.7 Å². The van der Waals surface area contributed by atoms with Gasteiger partial charge in [-0.15, -0.1) is 0 Å². The third kappa shape index (κ3) is 3.32. The van der Waals surface area contributed by atoms with Gasteiger partial charge < -0.3 is 13.9 Å². The van der Waals surface area contributed by atoms with Gasteiger partial charge in [-0.2, -0.15) is 0 Å². The topological polar surface area (TPSA) is 98.9 Å². The van der Waals surface area contributed by atoms with Crippen molar-refractivity contribution in [2.75, 3.05) is 19.8 Å². The average molecular weight is 380 g/mol. The standard InChI is InChI=1S/C20H16N2O6/c1-12-6-7-17(28-12)16-10-14(13-4-2-3-5-15(13)21-16)19(24)27-11-18(23)22-8-9-26-20(22)25/h2-7,10H,8-9,11H2,1H3. The van der Waals surface area contributed by atoms with Crippen LogP contribution >= 0.6 is 0 Å². The number of pyridine rings is 1. The summed E-state index contributed by atoms with van der Waals surface area (Å²) in [4.78, 5) is 41.6. The van der Waals surface area contributed by atoms with Crippen molar-refractivity contribution in [1.29, 1.82) is 0 Å². The maximum Gasteiger partial charge on any atom is 0.416 e. The van der Waals surface area contributed by atoms with Gasteiger partial charge in [0.05, 0.1) is 17.6 Å². The van der Waals surface area contributed by atoms with Crippen molar-refractivity contribution < 1.29 is 28.3 Å². The third-order valence-electron chi connectivity index (χ3n) is 4.32. The average Bonchev–Trinajstić information content (AvgIpc) is 3.33. The van der Waals surface area contributed by atoms with Crippen LogP contribution in [-0.4, -0.2) is 47.6 Å². The molecule has 0 atom stereocenters. The lowest BCUT2D eigenvalue weighted by atomic mass is 10.1. The van der Waals surface area contributed by atoms with Crippen molar-refractivity contribution in [1.82, 2.24) is 9.88 Å². The van der Waals surface area contributed by atoms with Crippen LogP contribution < -0.4 is 0 Å². The van der Waals surface area contributed by atoms with E-state index in [2.05, 4.69) is 4.98 Å². The molecule has 0 N–H and O–H groups in total. The van der Waals surface area contributed by atoms with E-state index in [9.17, 15) is 14.4 Å². The summed E-state index contributed by atoms with van der Waals surface area (Å²) < 4.78 is 15.5. The zero-order valence-corrected chi connectivity index (χ0v) is 15.0. The Morgan fingerprint density at radius 2 is 2.04 bits per heavy atom. The van der Waals surface area contributed by atoms with Crippen LogP contribution in [0.25, 0.3) is 22.4 Å². The van der Waals surface area contributed by atoms with Crippen LogP contribution in [0.3, 0.4) is 0 Å². The minimum absolute atomic E-state index is 0.138.